The van der Waals surface area contributed by atoms with Gasteiger partial charge < -0.3 is 0 Å². The first kappa shape index (κ1) is 20.6. The molecule has 3 aromatic rings. The first-order valence-electron chi connectivity index (χ1n) is 12.6. The van der Waals surface area contributed by atoms with E-state index in [9.17, 15) is 0 Å². The largest absolute Gasteiger partial charge is 0.0581 e. The lowest BCUT2D eigenvalue weighted by atomic mass is 9.83. The lowest BCUT2D eigenvalue weighted by molar-refractivity contribution is 0.443. The third-order valence-corrected chi connectivity index (χ3v) is 7.72. The standard InChI is InChI=1S/C31H36/c1-23-20-30(28-16-12-26(13-17-28)24-8-4-2-5-9-24)22-31(21-23)29-18-14-27(15-19-29)25-10-6-3-7-11-25/h12-22,24-25H,2-11H2,1H3. The number of hydrogen-bond donors (Lipinski definition) is 0. The lowest BCUT2D eigenvalue weighted by Gasteiger charge is -2.22. The second kappa shape index (κ2) is 9.43. The van der Waals surface area contributed by atoms with E-state index >= 15 is 0 Å². The normalized spacial score (nSPS) is 18.2. The molecule has 0 spiro atoms. The summed E-state index contributed by atoms with van der Waals surface area (Å²) in [4.78, 5) is 0. The van der Waals surface area contributed by atoms with Crippen molar-refractivity contribution in [2.75, 3.05) is 0 Å². The second-order valence-electron chi connectivity index (χ2n) is 10.0. The van der Waals surface area contributed by atoms with E-state index in [0.717, 1.165) is 11.8 Å². The van der Waals surface area contributed by atoms with E-state index in [-0.39, 0.29) is 0 Å². The third kappa shape index (κ3) is 4.79. The maximum atomic E-state index is 2.38. The molecule has 0 unspecified atom stereocenters. The summed E-state index contributed by atoms with van der Waals surface area (Å²) in [7, 11) is 0. The van der Waals surface area contributed by atoms with Crippen LogP contribution in [0, 0.1) is 6.92 Å². The molecule has 160 valence electrons. The van der Waals surface area contributed by atoms with Crippen molar-refractivity contribution >= 4 is 0 Å². The van der Waals surface area contributed by atoms with Crippen LogP contribution in [-0.4, -0.2) is 0 Å². The highest BCUT2D eigenvalue weighted by atomic mass is 14.2. The summed E-state index contributed by atoms with van der Waals surface area (Å²) < 4.78 is 0. The average molecular weight is 409 g/mol. The van der Waals surface area contributed by atoms with Gasteiger partial charge in [0.05, 0.1) is 0 Å². The van der Waals surface area contributed by atoms with Gasteiger partial charge in [0.25, 0.3) is 0 Å². The van der Waals surface area contributed by atoms with Gasteiger partial charge in [0.1, 0.15) is 0 Å². The maximum absolute atomic E-state index is 2.38. The summed E-state index contributed by atoms with van der Waals surface area (Å²) in [5, 5.41) is 0. The lowest BCUT2D eigenvalue weighted by Crippen LogP contribution is -2.04. The fraction of sp³-hybridized carbons (Fsp3) is 0.419. The van der Waals surface area contributed by atoms with Crippen LogP contribution in [0.5, 0.6) is 0 Å². The molecule has 3 aromatic carbocycles. The van der Waals surface area contributed by atoms with Crippen molar-refractivity contribution in [2.45, 2.75) is 83.0 Å². The predicted molar refractivity (Wildman–Crippen MR) is 134 cm³/mol. The van der Waals surface area contributed by atoms with Gasteiger partial charge in [-0.3, -0.25) is 0 Å². The van der Waals surface area contributed by atoms with Gasteiger partial charge in [0.2, 0.25) is 0 Å². The molecular formula is C31H36. The van der Waals surface area contributed by atoms with E-state index in [1.54, 1.807) is 0 Å². The molecule has 5 rings (SSSR count). The Balaban J connectivity index is 1.37. The topological polar surface area (TPSA) is 0 Å². The van der Waals surface area contributed by atoms with Crippen LogP contribution in [0.2, 0.25) is 0 Å². The Morgan fingerprint density at radius 2 is 0.839 bits per heavy atom. The number of benzene rings is 3. The maximum Gasteiger partial charge on any atom is -0.0162 e. The van der Waals surface area contributed by atoms with Gasteiger partial charge >= 0.3 is 0 Å². The van der Waals surface area contributed by atoms with Gasteiger partial charge in [-0.2, -0.15) is 0 Å². The van der Waals surface area contributed by atoms with Gasteiger partial charge in [0, 0.05) is 0 Å². The number of rotatable bonds is 4. The van der Waals surface area contributed by atoms with Gasteiger partial charge in [0.15, 0.2) is 0 Å². The van der Waals surface area contributed by atoms with Crippen molar-refractivity contribution in [3.63, 3.8) is 0 Å². The minimum Gasteiger partial charge on any atom is -0.0581 e. The van der Waals surface area contributed by atoms with Crippen LogP contribution in [0.4, 0.5) is 0 Å². The van der Waals surface area contributed by atoms with Gasteiger partial charge in [-0.1, -0.05) is 99.2 Å². The van der Waals surface area contributed by atoms with Crippen LogP contribution in [0.25, 0.3) is 22.3 Å². The monoisotopic (exact) mass is 408 g/mol. The Hall–Kier alpha value is -2.34. The van der Waals surface area contributed by atoms with Crippen LogP contribution in [0.3, 0.4) is 0 Å². The van der Waals surface area contributed by atoms with Crippen molar-refractivity contribution in [2.24, 2.45) is 0 Å². The van der Waals surface area contributed by atoms with Gasteiger partial charge in [-0.05, 0) is 89.5 Å². The SMILES string of the molecule is Cc1cc(-c2ccc(C3CCCCC3)cc2)cc(-c2ccc(C3CCCCC3)cc2)c1. The Morgan fingerprint density at radius 3 is 1.23 bits per heavy atom. The highest BCUT2D eigenvalue weighted by Crippen LogP contribution is 2.36. The zero-order valence-electron chi connectivity index (χ0n) is 19.1. The van der Waals surface area contributed by atoms with Crippen molar-refractivity contribution in [3.05, 3.63) is 83.4 Å². The summed E-state index contributed by atoms with van der Waals surface area (Å²) >= 11 is 0. The second-order valence-corrected chi connectivity index (χ2v) is 10.0. The Morgan fingerprint density at radius 1 is 0.452 bits per heavy atom. The third-order valence-electron chi connectivity index (χ3n) is 7.72. The first-order chi connectivity index (χ1) is 15.3. The fourth-order valence-electron chi connectivity index (χ4n) is 5.88. The van der Waals surface area contributed by atoms with Crippen LogP contribution in [0.1, 0.15) is 92.7 Å². The molecule has 0 atom stereocenters. The highest BCUT2D eigenvalue weighted by molar-refractivity contribution is 5.74. The van der Waals surface area contributed by atoms with Gasteiger partial charge in [-0.25, -0.2) is 0 Å². The summed E-state index contributed by atoms with van der Waals surface area (Å²) in [5.41, 5.74) is 9.75. The molecule has 31 heavy (non-hydrogen) atoms. The molecule has 0 nitrogen and oxygen atoms in total. The Kier molecular flexibility index (Phi) is 6.25. The minimum atomic E-state index is 0.776. The highest BCUT2D eigenvalue weighted by Gasteiger charge is 2.16. The Labute approximate surface area is 188 Å². The minimum absolute atomic E-state index is 0.776. The van der Waals surface area contributed by atoms with E-state index < -0.39 is 0 Å². The molecule has 0 radical (unpaired) electrons. The Bertz CT molecular complexity index is 901. The molecule has 0 heterocycles. The molecule has 0 aromatic heterocycles. The van der Waals surface area contributed by atoms with E-state index in [1.807, 2.05) is 0 Å². The first-order valence-corrected chi connectivity index (χ1v) is 12.6. The zero-order valence-corrected chi connectivity index (χ0v) is 19.1. The summed E-state index contributed by atoms with van der Waals surface area (Å²) in [5.74, 6) is 1.55. The molecule has 0 heteroatoms. The van der Waals surface area contributed by atoms with Crippen LogP contribution in [-0.2, 0) is 0 Å². The average Bonchev–Trinajstić information content (AvgIpc) is 2.85. The quantitative estimate of drug-likeness (QED) is 0.403. The van der Waals surface area contributed by atoms with Crippen LogP contribution >= 0.6 is 0 Å². The fourth-order valence-corrected chi connectivity index (χ4v) is 5.88. The molecule has 2 saturated carbocycles. The molecule has 0 bridgehead atoms. The van der Waals surface area contributed by atoms with E-state index in [1.165, 1.54) is 103 Å². The smallest absolute Gasteiger partial charge is 0.0162 e. The zero-order chi connectivity index (χ0) is 21.0. The summed E-state index contributed by atoms with van der Waals surface area (Å²) in [6, 6.07) is 25.9. The van der Waals surface area contributed by atoms with Crippen molar-refractivity contribution in [3.8, 4) is 22.3 Å². The predicted octanol–water partition coefficient (Wildman–Crippen LogP) is 9.42. The molecule has 2 aliphatic rings. The van der Waals surface area contributed by atoms with Crippen molar-refractivity contribution in [1.29, 1.82) is 0 Å². The molecule has 0 N–H and O–H groups in total. The number of aryl methyl sites for hydroxylation is 1. The summed E-state index contributed by atoms with van der Waals surface area (Å²) in [6.07, 6.45) is 13.9. The number of hydrogen-bond acceptors (Lipinski definition) is 0. The van der Waals surface area contributed by atoms with E-state index in [4.69, 9.17) is 0 Å². The molecule has 0 amide bonds. The van der Waals surface area contributed by atoms with E-state index in [0.29, 0.717) is 0 Å². The van der Waals surface area contributed by atoms with Crippen LogP contribution < -0.4 is 0 Å². The molecular weight excluding hydrogens is 372 g/mol. The van der Waals surface area contributed by atoms with Crippen LogP contribution in [0.15, 0.2) is 66.7 Å². The van der Waals surface area contributed by atoms with Crippen molar-refractivity contribution in [1.82, 2.24) is 0 Å². The van der Waals surface area contributed by atoms with Crippen molar-refractivity contribution < 1.29 is 0 Å². The molecule has 2 aliphatic carbocycles. The molecule has 0 aliphatic heterocycles. The van der Waals surface area contributed by atoms with Gasteiger partial charge in [-0.15, -0.1) is 0 Å². The molecule has 0 saturated heterocycles. The molecule has 2 fully saturated rings. The van der Waals surface area contributed by atoms with E-state index in [2.05, 4.69) is 73.7 Å². The summed E-state index contributed by atoms with van der Waals surface area (Å²) in [6.45, 7) is 2.22.